The Morgan fingerprint density at radius 1 is 0.808 bits per heavy atom. The van der Waals surface area contributed by atoms with Crippen LogP contribution < -0.4 is 5.32 Å². The number of carbonyl (C=O) groups is 1. The number of benzene rings is 3. The molecule has 0 saturated heterocycles. The normalized spacial score (nSPS) is 11.3. The smallest absolute Gasteiger partial charge is 0.228 e. The fraction of sp³-hybridized carbons (Fsp3) is 0.292. The lowest BCUT2D eigenvalue weighted by Gasteiger charge is -2.20. The molecule has 0 atom stereocenters. The van der Waals surface area contributed by atoms with Crippen LogP contribution in [0.4, 0.5) is 5.69 Å². The lowest BCUT2D eigenvalue weighted by Crippen LogP contribution is -2.18. The molecule has 0 aliphatic heterocycles. The third-order valence-electron chi connectivity index (χ3n) is 4.87. The van der Waals surface area contributed by atoms with E-state index in [2.05, 4.69) is 69.4 Å². The van der Waals surface area contributed by atoms with Crippen molar-refractivity contribution >= 4 is 22.4 Å². The van der Waals surface area contributed by atoms with Crippen molar-refractivity contribution in [1.82, 2.24) is 0 Å². The van der Waals surface area contributed by atoms with Crippen molar-refractivity contribution in [2.24, 2.45) is 0 Å². The van der Waals surface area contributed by atoms with E-state index in [0.29, 0.717) is 18.3 Å². The monoisotopic (exact) mass is 345 g/mol. The molecule has 0 saturated carbocycles. The SMILES string of the molecule is CC(C)c1cccc(C(C)C)c1NC(=O)Cc1cccc2ccccc12. The van der Waals surface area contributed by atoms with E-state index in [9.17, 15) is 4.79 Å². The quantitative estimate of drug-likeness (QED) is 0.580. The van der Waals surface area contributed by atoms with Crippen LogP contribution in [0.2, 0.25) is 0 Å². The number of rotatable bonds is 5. The second kappa shape index (κ2) is 7.74. The van der Waals surface area contributed by atoms with Crippen LogP contribution in [0, 0.1) is 0 Å². The van der Waals surface area contributed by atoms with E-state index in [4.69, 9.17) is 0 Å². The number of anilines is 1. The topological polar surface area (TPSA) is 29.1 Å². The first-order chi connectivity index (χ1) is 12.5. The summed E-state index contributed by atoms with van der Waals surface area (Å²) < 4.78 is 0. The molecule has 3 aromatic carbocycles. The van der Waals surface area contributed by atoms with Gasteiger partial charge in [0, 0.05) is 5.69 Å². The van der Waals surface area contributed by atoms with Gasteiger partial charge < -0.3 is 5.32 Å². The molecule has 0 aromatic heterocycles. The van der Waals surface area contributed by atoms with E-state index in [0.717, 1.165) is 16.6 Å². The molecule has 2 heteroatoms. The minimum Gasteiger partial charge on any atom is -0.325 e. The molecule has 26 heavy (non-hydrogen) atoms. The predicted molar refractivity (Wildman–Crippen MR) is 111 cm³/mol. The van der Waals surface area contributed by atoms with E-state index in [1.54, 1.807) is 0 Å². The first kappa shape index (κ1) is 18.2. The van der Waals surface area contributed by atoms with Gasteiger partial charge in [-0.3, -0.25) is 4.79 Å². The van der Waals surface area contributed by atoms with Gasteiger partial charge in [0.25, 0.3) is 0 Å². The van der Waals surface area contributed by atoms with Crippen molar-refractivity contribution in [3.05, 3.63) is 77.4 Å². The van der Waals surface area contributed by atoms with Crippen molar-refractivity contribution in [3.63, 3.8) is 0 Å². The molecule has 0 radical (unpaired) electrons. The van der Waals surface area contributed by atoms with E-state index >= 15 is 0 Å². The van der Waals surface area contributed by atoms with E-state index < -0.39 is 0 Å². The molecule has 0 aliphatic carbocycles. The highest BCUT2D eigenvalue weighted by Gasteiger charge is 2.16. The Morgan fingerprint density at radius 3 is 2.04 bits per heavy atom. The molecule has 0 heterocycles. The molecule has 1 N–H and O–H groups in total. The zero-order chi connectivity index (χ0) is 18.7. The van der Waals surface area contributed by atoms with Crippen LogP contribution in [0.3, 0.4) is 0 Å². The van der Waals surface area contributed by atoms with Crippen LogP contribution in [0.1, 0.15) is 56.2 Å². The Labute approximate surface area is 156 Å². The van der Waals surface area contributed by atoms with Gasteiger partial charge in [-0.05, 0) is 39.3 Å². The molecule has 134 valence electrons. The molecule has 1 amide bonds. The maximum Gasteiger partial charge on any atom is 0.228 e. The largest absolute Gasteiger partial charge is 0.325 e. The summed E-state index contributed by atoms with van der Waals surface area (Å²) in [4.78, 5) is 12.9. The van der Waals surface area contributed by atoms with Crippen molar-refractivity contribution in [2.75, 3.05) is 5.32 Å². The predicted octanol–water partition coefficient (Wildman–Crippen LogP) is 6.27. The van der Waals surface area contributed by atoms with E-state index in [-0.39, 0.29) is 5.91 Å². The summed E-state index contributed by atoms with van der Waals surface area (Å²) in [6.45, 7) is 8.67. The van der Waals surface area contributed by atoms with Crippen LogP contribution in [0.5, 0.6) is 0 Å². The van der Waals surface area contributed by atoms with Gasteiger partial charge in [-0.2, -0.15) is 0 Å². The van der Waals surface area contributed by atoms with Crippen LogP contribution in [-0.4, -0.2) is 5.91 Å². The highest BCUT2D eigenvalue weighted by atomic mass is 16.1. The summed E-state index contributed by atoms with van der Waals surface area (Å²) in [5.41, 5.74) is 4.45. The van der Waals surface area contributed by atoms with Gasteiger partial charge in [-0.15, -0.1) is 0 Å². The first-order valence-electron chi connectivity index (χ1n) is 9.36. The standard InChI is InChI=1S/C24H27NO/c1-16(2)20-13-8-14-21(17(3)4)24(20)25-23(26)15-19-11-7-10-18-9-5-6-12-22(18)19/h5-14,16-17H,15H2,1-4H3,(H,25,26). The lowest BCUT2D eigenvalue weighted by atomic mass is 9.92. The van der Waals surface area contributed by atoms with Gasteiger partial charge in [0.2, 0.25) is 5.91 Å². The van der Waals surface area contributed by atoms with Crippen molar-refractivity contribution < 1.29 is 4.79 Å². The molecule has 2 nitrogen and oxygen atoms in total. The molecule has 0 bridgehead atoms. The Hall–Kier alpha value is -2.61. The van der Waals surface area contributed by atoms with Crippen LogP contribution in [0.15, 0.2) is 60.7 Å². The summed E-state index contributed by atoms with van der Waals surface area (Å²) in [6.07, 6.45) is 0.380. The first-order valence-corrected chi connectivity index (χ1v) is 9.36. The lowest BCUT2D eigenvalue weighted by molar-refractivity contribution is -0.115. The molecular formula is C24H27NO. The second-order valence-electron chi connectivity index (χ2n) is 7.48. The highest BCUT2D eigenvalue weighted by molar-refractivity contribution is 5.97. The maximum absolute atomic E-state index is 12.9. The highest BCUT2D eigenvalue weighted by Crippen LogP contribution is 2.32. The Morgan fingerprint density at radius 2 is 1.38 bits per heavy atom. The number of fused-ring (bicyclic) bond motifs is 1. The average molecular weight is 345 g/mol. The van der Waals surface area contributed by atoms with Gasteiger partial charge in [-0.1, -0.05) is 88.4 Å². The van der Waals surface area contributed by atoms with Crippen molar-refractivity contribution in [2.45, 2.75) is 46.0 Å². The van der Waals surface area contributed by atoms with Crippen LogP contribution in [0.25, 0.3) is 10.8 Å². The van der Waals surface area contributed by atoms with Gasteiger partial charge in [0.05, 0.1) is 6.42 Å². The zero-order valence-corrected chi connectivity index (χ0v) is 16.0. The average Bonchev–Trinajstić information content (AvgIpc) is 2.61. The third-order valence-corrected chi connectivity index (χ3v) is 4.87. The van der Waals surface area contributed by atoms with Crippen LogP contribution >= 0.6 is 0 Å². The van der Waals surface area contributed by atoms with Crippen LogP contribution in [-0.2, 0) is 11.2 Å². The summed E-state index contributed by atoms with van der Waals surface area (Å²) in [5.74, 6) is 0.763. The van der Waals surface area contributed by atoms with Crippen molar-refractivity contribution in [3.8, 4) is 0 Å². The number of amides is 1. The van der Waals surface area contributed by atoms with Crippen molar-refractivity contribution in [1.29, 1.82) is 0 Å². The molecular weight excluding hydrogens is 318 g/mol. The minimum atomic E-state index is 0.0383. The summed E-state index contributed by atoms with van der Waals surface area (Å²) in [6, 6.07) is 20.7. The number of carbonyl (C=O) groups excluding carboxylic acids is 1. The fourth-order valence-electron chi connectivity index (χ4n) is 3.50. The molecule has 0 spiro atoms. The fourth-order valence-corrected chi connectivity index (χ4v) is 3.50. The molecule has 3 rings (SSSR count). The number of para-hydroxylation sites is 1. The van der Waals surface area contributed by atoms with Gasteiger partial charge >= 0.3 is 0 Å². The second-order valence-corrected chi connectivity index (χ2v) is 7.48. The zero-order valence-electron chi connectivity index (χ0n) is 16.0. The minimum absolute atomic E-state index is 0.0383. The van der Waals surface area contributed by atoms with E-state index in [1.165, 1.54) is 16.5 Å². The van der Waals surface area contributed by atoms with Gasteiger partial charge in [0.1, 0.15) is 0 Å². The van der Waals surface area contributed by atoms with Gasteiger partial charge in [0.15, 0.2) is 0 Å². The summed E-state index contributed by atoms with van der Waals surface area (Å²) >= 11 is 0. The number of hydrogen-bond donors (Lipinski definition) is 1. The molecule has 0 unspecified atom stereocenters. The molecule has 0 fully saturated rings. The Bertz CT molecular complexity index is 893. The third kappa shape index (κ3) is 3.80. The number of nitrogens with one attached hydrogen (secondary N) is 1. The summed E-state index contributed by atoms with van der Waals surface area (Å²) in [5, 5.41) is 5.53. The molecule has 0 aliphatic rings. The maximum atomic E-state index is 12.9. The van der Waals surface area contributed by atoms with E-state index in [1.807, 2.05) is 24.3 Å². The molecule has 3 aromatic rings. The Kier molecular flexibility index (Phi) is 5.41. The Balaban J connectivity index is 1.91. The number of hydrogen-bond acceptors (Lipinski definition) is 1. The summed E-state index contributed by atoms with van der Waals surface area (Å²) in [7, 11) is 0. The van der Waals surface area contributed by atoms with Gasteiger partial charge in [-0.25, -0.2) is 0 Å².